The Morgan fingerprint density at radius 1 is 1.37 bits per heavy atom. The Kier molecular flexibility index (Phi) is 5.18. The zero-order valence-corrected chi connectivity index (χ0v) is 13.3. The second kappa shape index (κ2) is 6.49. The summed E-state index contributed by atoms with van der Waals surface area (Å²) in [6.07, 6.45) is 8.20. The number of rotatable bonds is 6. The van der Waals surface area contributed by atoms with Gasteiger partial charge in [0.25, 0.3) is 0 Å². The first-order valence-electron chi connectivity index (χ1n) is 7.72. The van der Waals surface area contributed by atoms with Gasteiger partial charge in [-0.05, 0) is 50.3 Å². The van der Waals surface area contributed by atoms with Gasteiger partial charge in [-0.25, -0.2) is 0 Å². The van der Waals surface area contributed by atoms with E-state index in [0.29, 0.717) is 5.92 Å². The molecule has 0 aromatic carbocycles. The average molecular weight is 284 g/mol. The first kappa shape index (κ1) is 15.2. The van der Waals surface area contributed by atoms with Crippen LogP contribution in [0.15, 0.2) is 0 Å². The number of fused-ring (bicyclic) bond motifs is 1. The lowest BCUT2D eigenvalue weighted by Crippen LogP contribution is -2.48. The highest BCUT2D eigenvalue weighted by molar-refractivity contribution is 8.00. The Balaban J connectivity index is 1.87. The first-order chi connectivity index (χ1) is 9.15. The molecule has 1 heterocycles. The van der Waals surface area contributed by atoms with Crippen molar-refractivity contribution < 1.29 is 4.79 Å². The zero-order chi connectivity index (χ0) is 13.9. The van der Waals surface area contributed by atoms with Crippen molar-refractivity contribution in [2.45, 2.75) is 56.7 Å². The summed E-state index contributed by atoms with van der Waals surface area (Å²) >= 11 is 1.89. The largest absolute Gasteiger partial charge is 0.353 e. The molecule has 2 N–H and O–H groups in total. The second-order valence-electron chi connectivity index (χ2n) is 6.05. The molecule has 2 aliphatic rings. The van der Waals surface area contributed by atoms with E-state index >= 15 is 0 Å². The van der Waals surface area contributed by atoms with Crippen molar-refractivity contribution in [3.05, 3.63) is 0 Å². The Morgan fingerprint density at radius 2 is 2.11 bits per heavy atom. The van der Waals surface area contributed by atoms with Crippen LogP contribution in [0.1, 0.15) is 46.0 Å². The lowest BCUT2D eigenvalue weighted by atomic mass is 9.93. The van der Waals surface area contributed by atoms with E-state index in [1.165, 1.54) is 19.3 Å². The molecule has 4 heteroatoms. The highest BCUT2D eigenvalue weighted by Crippen LogP contribution is 2.37. The van der Waals surface area contributed by atoms with Crippen molar-refractivity contribution in [2.75, 3.05) is 19.3 Å². The summed E-state index contributed by atoms with van der Waals surface area (Å²) in [5.41, 5.74) is 0. The van der Waals surface area contributed by atoms with E-state index in [2.05, 4.69) is 30.7 Å². The van der Waals surface area contributed by atoms with Crippen LogP contribution in [0.2, 0.25) is 0 Å². The number of thioether (sulfide) groups is 1. The number of nitrogens with one attached hydrogen (secondary N) is 2. The predicted molar refractivity (Wildman–Crippen MR) is 82.5 cm³/mol. The molecule has 0 bridgehead atoms. The molecule has 1 amide bonds. The van der Waals surface area contributed by atoms with Crippen LogP contribution in [0.5, 0.6) is 0 Å². The SMILES string of the molecule is CCC(CC)(CNC(=O)C1NCC2CCCC21)SC. The van der Waals surface area contributed by atoms with Crippen LogP contribution in [0, 0.1) is 11.8 Å². The van der Waals surface area contributed by atoms with Crippen molar-refractivity contribution in [3.8, 4) is 0 Å². The Hall–Kier alpha value is -0.220. The van der Waals surface area contributed by atoms with Gasteiger partial charge in [-0.1, -0.05) is 20.3 Å². The molecule has 0 aromatic heterocycles. The summed E-state index contributed by atoms with van der Waals surface area (Å²) in [7, 11) is 0. The highest BCUT2D eigenvalue weighted by Gasteiger charge is 2.42. The van der Waals surface area contributed by atoms with Crippen LogP contribution in [0.25, 0.3) is 0 Å². The molecular formula is C15H28N2OS. The maximum absolute atomic E-state index is 12.4. The normalized spacial score (nSPS) is 30.4. The van der Waals surface area contributed by atoms with Crippen molar-refractivity contribution in [2.24, 2.45) is 11.8 Å². The predicted octanol–water partition coefficient (Wildman–Crippen LogP) is 2.41. The van der Waals surface area contributed by atoms with E-state index in [4.69, 9.17) is 0 Å². The van der Waals surface area contributed by atoms with Crippen molar-refractivity contribution in [1.29, 1.82) is 0 Å². The van der Waals surface area contributed by atoms with Gasteiger partial charge in [0.15, 0.2) is 0 Å². The second-order valence-corrected chi connectivity index (χ2v) is 7.33. The Bertz CT molecular complexity index is 309. The standard InChI is InChI=1S/C15H28N2OS/c1-4-15(5-2,19-3)10-17-14(18)13-12-8-6-7-11(12)9-16-13/h11-13,16H,4-10H2,1-3H3,(H,17,18). The number of hydrogen-bond donors (Lipinski definition) is 2. The Labute approximate surface area is 121 Å². The van der Waals surface area contributed by atoms with Crippen molar-refractivity contribution in [1.82, 2.24) is 10.6 Å². The highest BCUT2D eigenvalue weighted by atomic mass is 32.2. The third kappa shape index (κ3) is 3.10. The molecule has 0 spiro atoms. The maximum atomic E-state index is 12.4. The maximum Gasteiger partial charge on any atom is 0.237 e. The van der Waals surface area contributed by atoms with Crippen LogP contribution in [-0.2, 0) is 4.79 Å². The van der Waals surface area contributed by atoms with Gasteiger partial charge >= 0.3 is 0 Å². The summed E-state index contributed by atoms with van der Waals surface area (Å²) in [5, 5.41) is 6.64. The molecule has 3 unspecified atom stereocenters. The number of carbonyl (C=O) groups is 1. The molecule has 19 heavy (non-hydrogen) atoms. The van der Waals surface area contributed by atoms with Crippen LogP contribution in [0.4, 0.5) is 0 Å². The molecule has 0 aromatic rings. The van der Waals surface area contributed by atoms with E-state index in [1.807, 2.05) is 11.8 Å². The van der Waals surface area contributed by atoms with E-state index < -0.39 is 0 Å². The number of hydrogen-bond acceptors (Lipinski definition) is 3. The molecule has 3 atom stereocenters. The molecule has 1 saturated heterocycles. The quantitative estimate of drug-likeness (QED) is 0.787. The number of carbonyl (C=O) groups excluding carboxylic acids is 1. The third-order valence-corrected chi connectivity index (χ3v) is 6.92. The summed E-state index contributed by atoms with van der Waals surface area (Å²) in [4.78, 5) is 12.4. The average Bonchev–Trinajstić information content (AvgIpc) is 3.03. The van der Waals surface area contributed by atoms with E-state index in [9.17, 15) is 4.79 Å². The molecule has 3 nitrogen and oxygen atoms in total. The topological polar surface area (TPSA) is 41.1 Å². The fourth-order valence-corrected chi connectivity index (χ4v) is 4.49. The van der Waals surface area contributed by atoms with Crippen LogP contribution in [0.3, 0.4) is 0 Å². The fraction of sp³-hybridized carbons (Fsp3) is 0.933. The molecule has 110 valence electrons. The van der Waals surface area contributed by atoms with Crippen molar-refractivity contribution in [3.63, 3.8) is 0 Å². The first-order valence-corrected chi connectivity index (χ1v) is 8.94. The minimum atomic E-state index is 0.0702. The van der Waals surface area contributed by atoms with E-state index in [-0.39, 0.29) is 16.7 Å². The summed E-state index contributed by atoms with van der Waals surface area (Å²) in [5.74, 6) is 1.57. The minimum absolute atomic E-state index is 0.0702. The fourth-order valence-electron chi connectivity index (χ4n) is 3.69. The van der Waals surface area contributed by atoms with Gasteiger partial charge < -0.3 is 10.6 Å². The molecule has 1 saturated carbocycles. The smallest absolute Gasteiger partial charge is 0.237 e. The zero-order valence-electron chi connectivity index (χ0n) is 12.5. The van der Waals surface area contributed by atoms with Gasteiger partial charge in [-0.15, -0.1) is 0 Å². The van der Waals surface area contributed by atoms with Crippen LogP contribution in [-0.4, -0.2) is 36.0 Å². The van der Waals surface area contributed by atoms with Gasteiger partial charge in [-0.2, -0.15) is 11.8 Å². The molecule has 1 aliphatic heterocycles. The van der Waals surface area contributed by atoms with E-state index in [0.717, 1.165) is 31.8 Å². The number of amides is 1. The molecule has 2 rings (SSSR count). The van der Waals surface area contributed by atoms with Gasteiger partial charge in [0.2, 0.25) is 5.91 Å². The molecule has 1 aliphatic carbocycles. The molecular weight excluding hydrogens is 256 g/mol. The van der Waals surface area contributed by atoms with Gasteiger partial charge in [0.1, 0.15) is 0 Å². The van der Waals surface area contributed by atoms with Crippen LogP contribution < -0.4 is 10.6 Å². The summed E-state index contributed by atoms with van der Waals surface area (Å²) in [6, 6.07) is 0.0702. The molecule has 0 radical (unpaired) electrons. The van der Waals surface area contributed by atoms with Gasteiger partial charge in [0, 0.05) is 11.3 Å². The van der Waals surface area contributed by atoms with Crippen LogP contribution >= 0.6 is 11.8 Å². The summed E-state index contributed by atoms with van der Waals surface area (Å²) < 4.78 is 0.212. The monoisotopic (exact) mass is 284 g/mol. The van der Waals surface area contributed by atoms with Gasteiger partial charge in [0.05, 0.1) is 6.04 Å². The van der Waals surface area contributed by atoms with E-state index in [1.54, 1.807) is 0 Å². The molecule has 2 fully saturated rings. The Morgan fingerprint density at radius 3 is 2.74 bits per heavy atom. The van der Waals surface area contributed by atoms with Gasteiger partial charge in [-0.3, -0.25) is 4.79 Å². The summed E-state index contributed by atoms with van der Waals surface area (Å²) in [6.45, 7) is 6.27. The van der Waals surface area contributed by atoms with Crippen molar-refractivity contribution >= 4 is 17.7 Å². The lowest BCUT2D eigenvalue weighted by molar-refractivity contribution is -0.123. The minimum Gasteiger partial charge on any atom is -0.353 e. The third-order valence-electron chi connectivity index (χ3n) is 5.33. The lowest BCUT2D eigenvalue weighted by Gasteiger charge is -2.30.